The van der Waals surface area contributed by atoms with Crippen molar-refractivity contribution >= 4 is 30.2 Å². The Bertz CT molecular complexity index is 1200. The van der Waals surface area contributed by atoms with Gasteiger partial charge in [0.1, 0.15) is 35.4 Å². The van der Waals surface area contributed by atoms with Gasteiger partial charge in [-0.05, 0) is 50.8 Å². The number of benzene rings is 1. The molecule has 0 aliphatic carbocycles. The predicted molar refractivity (Wildman–Crippen MR) is 133 cm³/mol. The van der Waals surface area contributed by atoms with Crippen molar-refractivity contribution < 1.29 is 33.2 Å². The van der Waals surface area contributed by atoms with Crippen LogP contribution in [0.1, 0.15) is 27.0 Å². The first-order valence-electron chi connectivity index (χ1n) is 11.3. The van der Waals surface area contributed by atoms with Gasteiger partial charge in [-0.3, -0.25) is 9.36 Å². The van der Waals surface area contributed by atoms with Crippen molar-refractivity contribution in [3.63, 3.8) is 0 Å². The highest BCUT2D eigenvalue weighted by Gasteiger charge is 2.62. The van der Waals surface area contributed by atoms with Crippen LogP contribution in [0.5, 0.6) is 5.75 Å². The van der Waals surface area contributed by atoms with E-state index in [-0.39, 0.29) is 25.1 Å². The Hall–Kier alpha value is -2.38. The van der Waals surface area contributed by atoms with Crippen LogP contribution in [-0.4, -0.2) is 63.8 Å². The molecule has 2 aliphatic rings. The molecule has 0 spiro atoms. The predicted octanol–water partition coefficient (Wildman–Crippen LogP) is 1.10. The Morgan fingerprint density at radius 2 is 2.08 bits per heavy atom. The number of aliphatic hydroxyl groups is 1. The number of nitrogen functional groups attached to an aromatic ring is 1. The molecule has 6 atom stereocenters. The number of rotatable bonds is 10. The summed E-state index contributed by atoms with van der Waals surface area (Å²) in [5.41, 5.74) is 3.60. The van der Waals surface area contributed by atoms with Crippen LogP contribution in [0.25, 0.3) is 0 Å². The smallest absolute Gasteiger partial charge is 0.351 e. The third kappa shape index (κ3) is 5.62. The highest BCUT2D eigenvalue weighted by Crippen LogP contribution is 2.50. The molecule has 4 rings (SSSR count). The topological polar surface area (TPSA) is 156 Å². The molecular formula is C22H29N4O8PS. The van der Waals surface area contributed by atoms with Gasteiger partial charge in [-0.15, -0.1) is 0 Å². The summed E-state index contributed by atoms with van der Waals surface area (Å²) in [6, 6.07) is 9.37. The van der Waals surface area contributed by atoms with Crippen LogP contribution in [0, 0.1) is 0 Å². The van der Waals surface area contributed by atoms with Crippen LogP contribution in [0.4, 0.5) is 5.82 Å². The maximum absolute atomic E-state index is 12.4. The van der Waals surface area contributed by atoms with Crippen molar-refractivity contribution in [3.8, 4) is 5.75 Å². The van der Waals surface area contributed by atoms with Gasteiger partial charge in [-0.1, -0.05) is 18.2 Å². The van der Waals surface area contributed by atoms with Gasteiger partial charge in [0.15, 0.2) is 6.23 Å². The standard InChI is InChI=1S/C22H29N4O8PS/c1-13(2)32-20(28)14(3)25-35(36,34-15-7-5-4-6-8-15)31-12-22-11-30-17(18(22)27)19(33-22)26-10-9-16(23)24-21(26)29/h4-10,13-14,17-19,27H,11-12H2,1-3H3,(H,25,36)(H2,23,24,29). The minimum atomic E-state index is -3.38. The van der Waals surface area contributed by atoms with E-state index in [4.69, 9.17) is 40.8 Å². The Labute approximate surface area is 212 Å². The minimum Gasteiger partial charge on any atom is -0.462 e. The number of esters is 1. The van der Waals surface area contributed by atoms with Crippen LogP contribution >= 0.6 is 6.64 Å². The van der Waals surface area contributed by atoms with E-state index in [9.17, 15) is 14.7 Å². The maximum Gasteiger partial charge on any atom is 0.351 e. The van der Waals surface area contributed by atoms with Crippen molar-refractivity contribution in [3.05, 3.63) is 53.1 Å². The van der Waals surface area contributed by atoms with E-state index in [1.807, 2.05) is 6.07 Å². The summed E-state index contributed by atoms with van der Waals surface area (Å²) >= 11 is 5.73. The molecule has 2 fully saturated rings. The molecule has 0 saturated carbocycles. The molecule has 1 aromatic heterocycles. The maximum atomic E-state index is 12.4. The number of carbonyl (C=O) groups excluding carboxylic acids is 1. The third-order valence-electron chi connectivity index (χ3n) is 5.64. The molecular weight excluding hydrogens is 511 g/mol. The summed E-state index contributed by atoms with van der Waals surface area (Å²) in [6.45, 7) is 1.46. The van der Waals surface area contributed by atoms with E-state index < -0.39 is 48.4 Å². The number of para-hydroxylation sites is 1. The Morgan fingerprint density at radius 1 is 1.36 bits per heavy atom. The summed E-state index contributed by atoms with van der Waals surface area (Å²) in [6.07, 6.45) is -1.80. The van der Waals surface area contributed by atoms with E-state index in [0.29, 0.717) is 5.75 Å². The molecule has 196 valence electrons. The fraction of sp³-hybridized carbons (Fsp3) is 0.500. The average molecular weight is 541 g/mol. The normalized spacial score (nSPS) is 27.5. The second-order valence-electron chi connectivity index (χ2n) is 8.85. The number of nitrogens with zero attached hydrogens (tertiary/aromatic N) is 2. The highest BCUT2D eigenvalue weighted by molar-refractivity contribution is 8.09. The monoisotopic (exact) mass is 540 g/mol. The Morgan fingerprint density at radius 3 is 2.75 bits per heavy atom. The quantitative estimate of drug-likeness (QED) is 0.292. The Balaban J connectivity index is 1.53. The lowest BCUT2D eigenvalue weighted by Crippen LogP contribution is -2.46. The SMILES string of the molecule is CC(C)OC(=O)C(C)NP(=S)(OCC12COC(C(n3ccc(N)nc3=O)O1)C2O)Oc1ccccc1. The zero-order valence-electron chi connectivity index (χ0n) is 20.0. The molecule has 0 radical (unpaired) electrons. The molecule has 36 heavy (non-hydrogen) atoms. The van der Waals surface area contributed by atoms with Gasteiger partial charge in [0, 0.05) is 6.20 Å². The van der Waals surface area contributed by atoms with Gasteiger partial charge in [-0.2, -0.15) is 4.98 Å². The molecule has 14 heteroatoms. The number of ether oxygens (including phenoxy) is 3. The second-order valence-corrected chi connectivity index (χ2v) is 12.0. The molecule has 2 saturated heterocycles. The number of hydrogen-bond donors (Lipinski definition) is 3. The van der Waals surface area contributed by atoms with Gasteiger partial charge < -0.3 is 34.1 Å². The van der Waals surface area contributed by atoms with E-state index in [2.05, 4.69) is 10.1 Å². The van der Waals surface area contributed by atoms with Crippen molar-refractivity contribution in [2.45, 2.75) is 57.0 Å². The van der Waals surface area contributed by atoms with Gasteiger partial charge in [0.25, 0.3) is 0 Å². The molecule has 6 unspecified atom stereocenters. The van der Waals surface area contributed by atoms with E-state index in [1.54, 1.807) is 45.0 Å². The molecule has 4 N–H and O–H groups in total. The van der Waals surface area contributed by atoms with E-state index in [1.165, 1.54) is 16.8 Å². The first-order valence-corrected chi connectivity index (χ1v) is 14.0. The van der Waals surface area contributed by atoms with Crippen molar-refractivity contribution in [1.82, 2.24) is 14.6 Å². The summed E-state index contributed by atoms with van der Waals surface area (Å²) in [7, 11) is 0. The first kappa shape index (κ1) is 26.7. The van der Waals surface area contributed by atoms with Gasteiger partial charge >= 0.3 is 18.3 Å². The summed E-state index contributed by atoms with van der Waals surface area (Å²) in [4.78, 5) is 28.5. The van der Waals surface area contributed by atoms with E-state index in [0.717, 1.165) is 0 Å². The molecule has 2 bridgehead atoms. The van der Waals surface area contributed by atoms with Gasteiger partial charge in [0.05, 0.1) is 19.3 Å². The van der Waals surface area contributed by atoms with Crippen molar-refractivity contribution in [2.24, 2.45) is 0 Å². The number of nitrogens with one attached hydrogen (secondary N) is 1. The summed E-state index contributed by atoms with van der Waals surface area (Å²) in [5, 5.41) is 13.9. The number of hydrogen-bond acceptors (Lipinski definition) is 11. The lowest BCUT2D eigenvalue weighted by molar-refractivity contribution is -0.184. The number of fused-ring (bicyclic) bond motifs is 2. The summed E-state index contributed by atoms with van der Waals surface area (Å²) < 4.78 is 30.4. The molecule has 2 aromatic rings. The number of aliphatic hydroxyl groups excluding tert-OH is 1. The largest absolute Gasteiger partial charge is 0.462 e. The molecule has 3 heterocycles. The lowest BCUT2D eigenvalue weighted by Gasteiger charge is -2.33. The first-order chi connectivity index (χ1) is 17.0. The van der Waals surface area contributed by atoms with E-state index >= 15 is 0 Å². The fourth-order valence-corrected chi connectivity index (χ4v) is 6.33. The second kappa shape index (κ2) is 10.5. The lowest BCUT2D eigenvalue weighted by atomic mass is 10.0. The highest BCUT2D eigenvalue weighted by atomic mass is 32.5. The summed E-state index contributed by atoms with van der Waals surface area (Å²) in [5.74, 6) is -0.0238. The van der Waals surface area contributed by atoms with Crippen LogP contribution in [0.2, 0.25) is 0 Å². The van der Waals surface area contributed by atoms with Crippen LogP contribution in [0.15, 0.2) is 47.4 Å². The number of anilines is 1. The van der Waals surface area contributed by atoms with Crippen LogP contribution < -0.4 is 21.0 Å². The van der Waals surface area contributed by atoms with Crippen LogP contribution in [-0.2, 0) is 35.3 Å². The molecule has 12 nitrogen and oxygen atoms in total. The number of aromatic nitrogens is 2. The molecule has 1 aromatic carbocycles. The average Bonchev–Trinajstić information content (AvgIpc) is 3.27. The van der Waals surface area contributed by atoms with Crippen LogP contribution in [0.3, 0.4) is 0 Å². The zero-order valence-corrected chi connectivity index (χ0v) is 21.7. The molecule has 2 aliphatic heterocycles. The minimum absolute atomic E-state index is 0.00189. The van der Waals surface area contributed by atoms with Gasteiger partial charge in [0.2, 0.25) is 0 Å². The van der Waals surface area contributed by atoms with Crippen molar-refractivity contribution in [1.29, 1.82) is 0 Å². The molecule has 0 amide bonds. The third-order valence-corrected chi connectivity index (χ3v) is 8.12. The zero-order chi connectivity index (χ0) is 26.1. The number of carbonyl (C=O) groups is 1. The fourth-order valence-electron chi connectivity index (χ4n) is 3.89. The Kier molecular flexibility index (Phi) is 7.81. The van der Waals surface area contributed by atoms with Crippen molar-refractivity contribution in [2.75, 3.05) is 18.9 Å². The van der Waals surface area contributed by atoms with Gasteiger partial charge in [-0.25, -0.2) is 9.88 Å². The number of nitrogens with two attached hydrogens (primary N) is 1.